The number of carbonyl (C=O) groups is 1. The summed E-state index contributed by atoms with van der Waals surface area (Å²) in [6.45, 7) is 4.84. The average molecular weight is 480 g/mol. The number of benzene rings is 2. The molecule has 2 N–H and O–H groups in total. The Hall–Kier alpha value is -2.70. The molecule has 1 atom stereocenters. The fraction of sp³-hybridized carbons (Fsp3) is 0.393. The molecule has 0 spiro atoms. The Bertz CT molecular complexity index is 1030. The second-order valence-electron chi connectivity index (χ2n) is 8.98. The summed E-state index contributed by atoms with van der Waals surface area (Å²) in [5, 5.41) is 8.95. The maximum absolute atomic E-state index is 13.3. The van der Waals surface area contributed by atoms with Crippen LogP contribution >= 0.6 is 11.3 Å². The third kappa shape index (κ3) is 6.90. The van der Waals surface area contributed by atoms with Gasteiger partial charge in [0.1, 0.15) is 5.82 Å². The molecule has 34 heavy (non-hydrogen) atoms. The quantitative estimate of drug-likeness (QED) is 0.404. The smallest absolute Gasteiger partial charge is 0.224 e. The van der Waals surface area contributed by atoms with E-state index in [2.05, 4.69) is 64.2 Å². The van der Waals surface area contributed by atoms with Gasteiger partial charge in [-0.3, -0.25) is 4.79 Å². The number of nitrogens with zero attached hydrogens (tertiary/aromatic N) is 1. The minimum atomic E-state index is -0.243. The van der Waals surface area contributed by atoms with E-state index in [1.54, 1.807) is 6.07 Å². The summed E-state index contributed by atoms with van der Waals surface area (Å²) >= 11 is 1.84. The van der Waals surface area contributed by atoms with E-state index in [1.165, 1.54) is 22.7 Å². The lowest BCUT2D eigenvalue weighted by Gasteiger charge is -2.35. The maximum atomic E-state index is 13.3. The molecular formula is C28H34FN3OS. The summed E-state index contributed by atoms with van der Waals surface area (Å²) in [6.07, 6.45) is 4.37. The molecule has 1 fully saturated rings. The first kappa shape index (κ1) is 24.4. The minimum Gasteiger partial charge on any atom is -0.371 e. The Morgan fingerprint density at radius 3 is 2.56 bits per heavy atom. The topological polar surface area (TPSA) is 44.4 Å². The van der Waals surface area contributed by atoms with Gasteiger partial charge in [0.2, 0.25) is 5.91 Å². The largest absolute Gasteiger partial charge is 0.371 e. The summed E-state index contributed by atoms with van der Waals surface area (Å²) in [4.78, 5) is 16.2. The van der Waals surface area contributed by atoms with Gasteiger partial charge in [-0.05, 0) is 72.5 Å². The van der Waals surface area contributed by atoms with Crippen LogP contribution in [0.25, 0.3) is 0 Å². The van der Waals surface area contributed by atoms with Crippen LogP contribution < -0.4 is 15.5 Å². The Morgan fingerprint density at radius 2 is 1.88 bits per heavy atom. The summed E-state index contributed by atoms with van der Waals surface area (Å²) in [7, 11) is 0. The number of carbonyl (C=O) groups excluding carboxylic acids is 1. The molecule has 0 bridgehead atoms. The SMILES string of the molecule is CC[C@@H](NC1CCN(c2ccc(CC(=O)NCCc3cccc(F)c3)cc2)CC1)c1cccs1. The van der Waals surface area contributed by atoms with Crippen molar-refractivity contribution in [1.82, 2.24) is 10.6 Å². The van der Waals surface area contributed by atoms with Crippen molar-refractivity contribution < 1.29 is 9.18 Å². The number of nitrogens with one attached hydrogen (secondary N) is 2. The third-order valence-corrected chi connectivity index (χ3v) is 7.50. The Labute approximate surface area is 206 Å². The minimum absolute atomic E-state index is 0.00717. The first-order valence-electron chi connectivity index (χ1n) is 12.2. The number of rotatable bonds is 10. The van der Waals surface area contributed by atoms with Crippen LogP contribution in [0, 0.1) is 5.82 Å². The van der Waals surface area contributed by atoms with Crippen molar-refractivity contribution in [3.8, 4) is 0 Å². The molecule has 180 valence electrons. The molecule has 4 rings (SSSR count). The van der Waals surface area contributed by atoms with E-state index in [1.807, 2.05) is 17.4 Å². The Morgan fingerprint density at radius 1 is 1.09 bits per heavy atom. The lowest BCUT2D eigenvalue weighted by atomic mass is 10.0. The third-order valence-electron chi connectivity index (χ3n) is 6.52. The van der Waals surface area contributed by atoms with Crippen molar-refractivity contribution in [2.45, 2.75) is 51.1 Å². The molecule has 0 radical (unpaired) electrons. The molecule has 0 unspecified atom stereocenters. The van der Waals surface area contributed by atoms with E-state index < -0.39 is 0 Å². The number of amides is 1. The average Bonchev–Trinajstić information content (AvgIpc) is 3.38. The first-order chi connectivity index (χ1) is 16.6. The number of halogens is 1. The van der Waals surface area contributed by atoms with E-state index in [4.69, 9.17) is 0 Å². The van der Waals surface area contributed by atoms with Crippen LogP contribution in [0.2, 0.25) is 0 Å². The predicted octanol–water partition coefficient (Wildman–Crippen LogP) is 5.50. The molecular weight excluding hydrogens is 445 g/mol. The standard InChI is InChI=1S/C28H34FN3OS/c1-2-26(27-7-4-18-34-27)31-24-13-16-32(17-14-24)25-10-8-22(9-11-25)20-28(33)30-15-12-21-5-3-6-23(29)19-21/h3-11,18-19,24,26,31H,2,12-17,20H2,1H3,(H,30,33)/t26-/m1/s1. The van der Waals surface area contributed by atoms with E-state index in [-0.39, 0.29) is 11.7 Å². The zero-order valence-corrected chi connectivity index (χ0v) is 20.6. The van der Waals surface area contributed by atoms with Crippen LogP contribution in [0.3, 0.4) is 0 Å². The summed E-state index contributed by atoms with van der Waals surface area (Å²) in [5.41, 5.74) is 3.12. The number of anilines is 1. The summed E-state index contributed by atoms with van der Waals surface area (Å²) in [6, 6.07) is 20.2. The first-order valence-corrected chi connectivity index (χ1v) is 13.1. The van der Waals surface area contributed by atoms with Gasteiger partial charge in [-0.2, -0.15) is 0 Å². The summed E-state index contributed by atoms with van der Waals surface area (Å²) in [5.74, 6) is -0.250. The van der Waals surface area contributed by atoms with E-state index >= 15 is 0 Å². The summed E-state index contributed by atoms with van der Waals surface area (Å²) < 4.78 is 13.3. The van der Waals surface area contributed by atoms with E-state index in [9.17, 15) is 9.18 Å². The van der Waals surface area contributed by atoms with Gasteiger partial charge in [0, 0.05) is 42.3 Å². The van der Waals surface area contributed by atoms with Crippen molar-refractivity contribution in [3.05, 3.63) is 87.9 Å². The van der Waals surface area contributed by atoms with Crippen LogP contribution in [0.5, 0.6) is 0 Å². The molecule has 3 aromatic rings. The second-order valence-corrected chi connectivity index (χ2v) is 9.96. The molecule has 2 heterocycles. The van der Waals surface area contributed by atoms with Gasteiger partial charge in [0.25, 0.3) is 0 Å². The van der Waals surface area contributed by atoms with Crippen molar-refractivity contribution in [2.75, 3.05) is 24.5 Å². The van der Waals surface area contributed by atoms with Gasteiger partial charge in [-0.15, -0.1) is 11.3 Å². The highest BCUT2D eigenvalue weighted by molar-refractivity contribution is 7.10. The van der Waals surface area contributed by atoms with Crippen molar-refractivity contribution in [1.29, 1.82) is 0 Å². The zero-order chi connectivity index (χ0) is 23.8. The Balaban J connectivity index is 1.19. The molecule has 1 saturated heterocycles. The van der Waals surface area contributed by atoms with Crippen molar-refractivity contribution in [3.63, 3.8) is 0 Å². The van der Waals surface area contributed by atoms with Crippen molar-refractivity contribution in [2.24, 2.45) is 0 Å². The van der Waals surface area contributed by atoms with Gasteiger partial charge in [-0.25, -0.2) is 4.39 Å². The molecule has 1 aliphatic rings. The van der Waals surface area contributed by atoms with Crippen molar-refractivity contribution >= 4 is 22.9 Å². The number of piperidine rings is 1. The van der Waals surface area contributed by atoms with Gasteiger partial charge >= 0.3 is 0 Å². The fourth-order valence-electron chi connectivity index (χ4n) is 4.59. The predicted molar refractivity (Wildman–Crippen MR) is 139 cm³/mol. The molecule has 2 aromatic carbocycles. The van der Waals surface area contributed by atoms with E-state index in [0.717, 1.165) is 43.5 Å². The van der Waals surface area contributed by atoms with Crippen LogP contribution in [0.4, 0.5) is 10.1 Å². The zero-order valence-electron chi connectivity index (χ0n) is 19.8. The molecule has 4 nitrogen and oxygen atoms in total. The van der Waals surface area contributed by atoms with Gasteiger partial charge < -0.3 is 15.5 Å². The monoisotopic (exact) mass is 479 g/mol. The number of hydrogen-bond acceptors (Lipinski definition) is 4. The van der Waals surface area contributed by atoms with Crippen LogP contribution in [0.15, 0.2) is 66.0 Å². The molecule has 0 saturated carbocycles. The second kappa shape index (κ2) is 12.1. The fourth-order valence-corrected chi connectivity index (χ4v) is 5.46. The number of thiophene rings is 1. The molecule has 0 aliphatic carbocycles. The van der Waals surface area contributed by atoms with Gasteiger partial charge in [0.05, 0.1) is 6.42 Å². The number of hydrogen-bond donors (Lipinski definition) is 2. The van der Waals surface area contributed by atoms with Crippen LogP contribution in [0.1, 0.15) is 48.2 Å². The lowest BCUT2D eigenvalue weighted by Crippen LogP contribution is -2.43. The maximum Gasteiger partial charge on any atom is 0.224 e. The van der Waals surface area contributed by atoms with Crippen LogP contribution in [-0.4, -0.2) is 31.6 Å². The highest BCUT2D eigenvalue weighted by Gasteiger charge is 2.22. The van der Waals surface area contributed by atoms with Gasteiger partial charge in [-0.1, -0.05) is 37.3 Å². The normalized spacial score (nSPS) is 15.3. The van der Waals surface area contributed by atoms with Crippen LogP contribution in [-0.2, 0) is 17.6 Å². The molecule has 6 heteroatoms. The van der Waals surface area contributed by atoms with Gasteiger partial charge in [0.15, 0.2) is 0 Å². The molecule has 1 amide bonds. The molecule has 1 aliphatic heterocycles. The lowest BCUT2D eigenvalue weighted by molar-refractivity contribution is -0.120. The highest BCUT2D eigenvalue weighted by atomic mass is 32.1. The van der Waals surface area contributed by atoms with E-state index in [0.29, 0.717) is 31.5 Å². The molecule has 1 aromatic heterocycles. The Kier molecular flexibility index (Phi) is 8.72. The highest BCUT2D eigenvalue weighted by Crippen LogP contribution is 2.26.